The lowest BCUT2D eigenvalue weighted by atomic mass is 10.1. The number of carbonyl (C=O) groups excluding carboxylic acids is 1. The largest absolute Gasteiger partial charge is 0.497 e. The normalized spacial score (nSPS) is 11.8. The molecule has 0 aliphatic carbocycles. The molecule has 0 aliphatic heterocycles. The summed E-state index contributed by atoms with van der Waals surface area (Å²) >= 11 is 0. The van der Waals surface area contributed by atoms with Gasteiger partial charge in [-0.05, 0) is 54.3 Å². The molecule has 0 spiro atoms. The Morgan fingerprint density at radius 1 is 0.973 bits per heavy atom. The van der Waals surface area contributed by atoms with E-state index in [0.717, 1.165) is 16.7 Å². The zero-order valence-corrected chi connectivity index (χ0v) is 22.1. The van der Waals surface area contributed by atoms with Gasteiger partial charge in [0, 0.05) is 19.5 Å². The third-order valence-electron chi connectivity index (χ3n) is 5.80. The summed E-state index contributed by atoms with van der Waals surface area (Å²) in [7, 11) is -2.21. The van der Waals surface area contributed by atoms with Crippen molar-refractivity contribution in [2.45, 2.75) is 31.2 Å². The number of hydrogen-bond donors (Lipinski definition) is 0. The maximum Gasteiger partial charge on any atom is 0.306 e. The van der Waals surface area contributed by atoms with Gasteiger partial charge in [-0.3, -0.25) is 4.79 Å². The van der Waals surface area contributed by atoms with Crippen molar-refractivity contribution in [3.05, 3.63) is 114 Å². The predicted octanol–water partition coefficient (Wildman–Crippen LogP) is 5.79. The molecule has 3 rings (SSSR count). The van der Waals surface area contributed by atoms with Crippen LogP contribution in [0.3, 0.4) is 0 Å². The maximum atomic E-state index is 13.7. The number of aryl methyl sites for hydroxylation is 1. The average molecular weight is 520 g/mol. The molecule has 0 saturated heterocycles. The minimum Gasteiger partial charge on any atom is -0.497 e. The van der Waals surface area contributed by atoms with Gasteiger partial charge in [0.15, 0.2) is 0 Å². The molecular weight excluding hydrogens is 486 g/mol. The monoisotopic (exact) mass is 519 g/mol. The molecule has 0 bridgehead atoms. The van der Waals surface area contributed by atoms with E-state index in [2.05, 4.69) is 6.58 Å². The van der Waals surface area contributed by atoms with Gasteiger partial charge < -0.3 is 9.47 Å². The highest BCUT2D eigenvalue weighted by atomic mass is 32.2. The van der Waals surface area contributed by atoms with Crippen LogP contribution in [-0.2, 0) is 26.1 Å². The Balaban J connectivity index is 1.94. The topological polar surface area (TPSA) is 72.9 Å². The molecule has 0 radical (unpaired) electrons. The number of esters is 1. The summed E-state index contributed by atoms with van der Waals surface area (Å²) in [6, 6.07) is 23.6. The third-order valence-corrected chi connectivity index (χ3v) is 7.63. The number of carbonyl (C=O) groups is 1. The van der Waals surface area contributed by atoms with Crippen LogP contribution in [0.25, 0.3) is 5.57 Å². The van der Waals surface area contributed by atoms with Crippen LogP contribution in [0.2, 0.25) is 0 Å². The van der Waals surface area contributed by atoms with E-state index in [1.54, 1.807) is 43.5 Å². The molecule has 6 nitrogen and oxygen atoms in total. The van der Waals surface area contributed by atoms with Gasteiger partial charge in [0.25, 0.3) is 0 Å². The third kappa shape index (κ3) is 8.17. The molecule has 3 aromatic carbocycles. The van der Waals surface area contributed by atoms with Crippen LogP contribution in [0.5, 0.6) is 5.75 Å². The second kappa shape index (κ2) is 13.6. The molecule has 0 aliphatic rings. The molecule has 0 unspecified atom stereocenters. The first-order valence-corrected chi connectivity index (χ1v) is 13.5. The number of benzene rings is 3. The smallest absolute Gasteiger partial charge is 0.306 e. The molecule has 194 valence electrons. The van der Waals surface area contributed by atoms with E-state index in [4.69, 9.17) is 9.47 Å². The minimum absolute atomic E-state index is 0.0199. The first-order chi connectivity index (χ1) is 17.8. The first kappa shape index (κ1) is 27.9. The highest BCUT2D eigenvalue weighted by Crippen LogP contribution is 2.23. The number of sulfonamides is 1. The van der Waals surface area contributed by atoms with E-state index in [0.29, 0.717) is 17.7 Å². The van der Waals surface area contributed by atoms with Crippen molar-refractivity contribution in [2.24, 2.45) is 0 Å². The molecule has 0 N–H and O–H groups in total. The van der Waals surface area contributed by atoms with Crippen LogP contribution in [-0.4, -0.2) is 39.0 Å². The molecule has 3 aromatic rings. The van der Waals surface area contributed by atoms with Crippen molar-refractivity contribution < 1.29 is 22.7 Å². The first-order valence-electron chi connectivity index (χ1n) is 12.0. The van der Waals surface area contributed by atoms with Crippen molar-refractivity contribution in [1.29, 1.82) is 0 Å². The number of methoxy groups -OCH3 is 1. The fraction of sp³-hybridized carbons (Fsp3) is 0.233. The Morgan fingerprint density at radius 2 is 1.65 bits per heavy atom. The van der Waals surface area contributed by atoms with Gasteiger partial charge in [-0.1, -0.05) is 72.3 Å². The second-order valence-corrected chi connectivity index (χ2v) is 10.5. The van der Waals surface area contributed by atoms with Crippen LogP contribution in [0.15, 0.2) is 102 Å². The summed E-state index contributed by atoms with van der Waals surface area (Å²) in [6.07, 6.45) is 4.23. The van der Waals surface area contributed by atoms with E-state index < -0.39 is 10.0 Å². The fourth-order valence-corrected chi connectivity index (χ4v) is 4.99. The van der Waals surface area contributed by atoms with E-state index >= 15 is 0 Å². The Bertz CT molecular complexity index is 1300. The molecule has 0 amide bonds. The number of nitrogens with zero attached hydrogens (tertiary/aromatic N) is 1. The van der Waals surface area contributed by atoms with Gasteiger partial charge in [-0.15, -0.1) is 6.58 Å². The summed E-state index contributed by atoms with van der Waals surface area (Å²) in [6.45, 7) is 5.86. The van der Waals surface area contributed by atoms with Crippen LogP contribution < -0.4 is 4.74 Å². The average Bonchev–Trinajstić information content (AvgIpc) is 2.92. The fourth-order valence-electron chi connectivity index (χ4n) is 3.62. The maximum absolute atomic E-state index is 13.7. The van der Waals surface area contributed by atoms with Gasteiger partial charge in [0.2, 0.25) is 10.0 Å². The van der Waals surface area contributed by atoms with Crippen LogP contribution in [0.4, 0.5) is 0 Å². The molecule has 0 fully saturated rings. The number of allylic oxidation sites excluding steroid dienone is 1. The van der Waals surface area contributed by atoms with E-state index in [-0.39, 0.29) is 37.0 Å². The van der Waals surface area contributed by atoms with Crippen molar-refractivity contribution >= 4 is 21.6 Å². The molecule has 7 heteroatoms. The summed E-state index contributed by atoms with van der Waals surface area (Å²) in [5.41, 5.74) is 3.36. The van der Waals surface area contributed by atoms with E-state index in [9.17, 15) is 13.2 Å². The zero-order valence-electron chi connectivity index (χ0n) is 21.3. The van der Waals surface area contributed by atoms with Gasteiger partial charge in [-0.2, -0.15) is 4.31 Å². The van der Waals surface area contributed by atoms with Gasteiger partial charge >= 0.3 is 5.97 Å². The van der Waals surface area contributed by atoms with Crippen LogP contribution in [0, 0.1) is 6.92 Å². The SMILES string of the molecule is C=CCCC(=O)OCC(=CCN(Cc1ccccc1)S(=O)(=O)c1ccc(C)cc1)c1ccc(OC)cc1. The summed E-state index contributed by atoms with van der Waals surface area (Å²) < 4.78 is 39.5. The quantitative estimate of drug-likeness (QED) is 0.211. The molecule has 0 saturated carbocycles. The Labute approximate surface area is 219 Å². The highest BCUT2D eigenvalue weighted by molar-refractivity contribution is 7.89. The van der Waals surface area contributed by atoms with Crippen molar-refractivity contribution in [1.82, 2.24) is 4.31 Å². The molecular formula is C30H33NO5S. The Hall–Kier alpha value is -3.68. The van der Waals surface area contributed by atoms with Crippen molar-refractivity contribution in [3.63, 3.8) is 0 Å². The summed E-state index contributed by atoms with van der Waals surface area (Å²) in [5, 5.41) is 0. The van der Waals surface area contributed by atoms with E-state index in [1.165, 1.54) is 4.31 Å². The highest BCUT2D eigenvalue weighted by Gasteiger charge is 2.24. The van der Waals surface area contributed by atoms with Crippen molar-refractivity contribution in [2.75, 3.05) is 20.3 Å². The Kier molecular flexibility index (Phi) is 10.2. The van der Waals surface area contributed by atoms with Gasteiger partial charge in [-0.25, -0.2) is 8.42 Å². The molecule has 0 aromatic heterocycles. The summed E-state index contributed by atoms with van der Waals surface area (Å²) in [5.74, 6) is 0.353. The lowest BCUT2D eigenvalue weighted by Crippen LogP contribution is -2.31. The van der Waals surface area contributed by atoms with Crippen molar-refractivity contribution in [3.8, 4) is 5.75 Å². The van der Waals surface area contributed by atoms with Gasteiger partial charge in [0.05, 0.1) is 12.0 Å². The lowest BCUT2D eigenvalue weighted by Gasteiger charge is -2.22. The second-order valence-electron chi connectivity index (χ2n) is 8.54. The Morgan fingerprint density at radius 3 is 2.27 bits per heavy atom. The molecule has 37 heavy (non-hydrogen) atoms. The number of ether oxygens (including phenoxy) is 2. The van der Waals surface area contributed by atoms with Crippen LogP contribution >= 0.6 is 0 Å². The van der Waals surface area contributed by atoms with Crippen LogP contribution in [0.1, 0.15) is 29.5 Å². The molecule has 0 heterocycles. The number of hydrogen-bond acceptors (Lipinski definition) is 5. The zero-order chi connectivity index (χ0) is 26.7. The lowest BCUT2D eigenvalue weighted by molar-refractivity contribution is -0.142. The standard InChI is InChI=1S/C30H33NO5S/c1-4-5-11-30(32)36-23-27(26-14-16-28(35-3)17-15-26)20-21-31(22-25-9-7-6-8-10-25)37(33,34)29-18-12-24(2)13-19-29/h4,6-10,12-20H,1,5,11,21-23H2,2-3H3. The predicted molar refractivity (Wildman–Crippen MR) is 147 cm³/mol. The van der Waals surface area contributed by atoms with Gasteiger partial charge in [0.1, 0.15) is 12.4 Å². The summed E-state index contributed by atoms with van der Waals surface area (Å²) in [4.78, 5) is 12.4. The minimum atomic E-state index is -3.80. The number of rotatable bonds is 13. The molecule has 0 atom stereocenters. The van der Waals surface area contributed by atoms with E-state index in [1.807, 2.05) is 61.5 Å².